The van der Waals surface area contributed by atoms with Gasteiger partial charge in [0.2, 0.25) is 0 Å². The molecule has 8 aromatic carbocycles. The van der Waals surface area contributed by atoms with Gasteiger partial charge in [-0.3, -0.25) is 39.9 Å². The van der Waals surface area contributed by atoms with E-state index < -0.39 is 11.6 Å². The van der Waals surface area contributed by atoms with E-state index in [0.29, 0.717) is 75.5 Å². The van der Waals surface area contributed by atoms with Gasteiger partial charge in [-0.25, -0.2) is 17.6 Å². The summed E-state index contributed by atoms with van der Waals surface area (Å²) < 4.78 is 55.4. The van der Waals surface area contributed by atoms with Crippen molar-refractivity contribution in [3.63, 3.8) is 0 Å². The molecule has 0 atom stereocenters. The molecule has 8 N–H and O–H groups in total. The molecule has 0 radical (unpaired) electrons. The van der Waals surface area contributed by atoms with Crippen LogP contribution in [0.1, 0.15) is 44.5 Å². The highest BCUT2D eigenvalue weighted by atomic mass is 127. The largest absolute Gasteiger partial charge is 0.505 e. The number of rotatable bonds is 0. The van der Waals surface area contributed by atoms with Crippen LogP contribution >= 0.6 is 66.1 Å². The smallest absolute Gasteiger partial charge is 0.178 e. The Morgan fingerprint density at radius 1 is 0.269 bits per heavy atom. The van der Waals surface area contributed by atoms with E-state index in [9.17, 15) is 58.4 Å². The first-order valence-corrected chi connectivity index (χ1v) is 34.5. The molecule has 16 rings (SSSR count). The quantitative estimate of drug-likeness (QED) is 0.0518. The van der Waals surface area contributed by atoms with Crippen LogP contribution in [0.15, 0.2) is 204 Å². The Kier molecular flexibility index (Phi) is 25.6. The highest BCUT2D eigenvalue weighted by Crippen LogP contribution is 2.38. The second-order valence-electron chi connectivity index (χ2n) is 23.4. The Hall–Kier alpha value is -10.9. The van der Waals surface area contributed by atoms with E-state index in [0.717, 1.165) is 73.7 Å². The minimum Gasteiger partial charge on any atom is -0.505 e. The number of phenols is 8. The second kappa shape index (κ2) is 34.4. The third-order valence-corrected chi connectivity index (χ3v) is 18.6. The van der Waals surface area contributed by atoms with Crippen molar-refractivity contribution in [3.05, 3.63) is 280 Å². The van der Waals surface area contributed by atoms with Crippen molar-refractivity contribution >= 4 is 153 Å². The average Bonchev–Trinajstić information content (AvgIpc) is 0.877. The second-order valence-corrected chi connectivity index (χ2v) is 26.7. The lowest BCUT2D eigenvalue weighted by Gasteiger charge is -2.04. The van der Waals surface area contributed by atoms with Crippen molar-refractivity contribution in [1.82, 2.24) is 39.9 Å². The molecule has 0 aliphatic heterocycles. The molecule has 0 amide bonds. The van der Waals surface area contributed by atoms with Crippen molar-refractivity contribution in [2.45, 2.75) is 55.4 Å². The minimum atomic E-state index is -0.622. The number of aromatic hydroxyl groups is 8. The number of phenolic OH excluding ortho intramolecular Hbond substituents is 8. The lowest BCUT2D eigenvalue weighted by molar-refractivity contribution is 0.437. The van der Waals surface area contributed by atoms with Crippen molar-refractivity contribution < 1.29 is 58.4 Å². The minimum absolute atomic E-state index is 0.0528. The number of hydrogen-bond acceptors (Lipinski definition) is 16. The molecular weight excluding hydrogens is 1600 g/mol. The molecule has 24 heteroatoms. The first kappa shape index (κ1) is 77.3. The Balaban J connectivity index is 0.000000138. The zero-order valence-electron chi connectivity index (χ0n) is 56.7. The lowest BCUT2D eigenvalue weighted by atomic mass is 10.1. The Bertz CT molecular complexity index is 4830. The molecule has 528 valence electrons. The Labute approximate surface area is 628 Å². The molecule has 0 spiro atoms. The normalized spacial score (nSPS) is 10.6. The Morgan fingerprint density at radius 3 is 0.885 bits per heavy atom. The van der Waals surface area contributed by atoms with Crippen LogP contribution in [0.25, 0.3) is 87.2 Å². The van der Waals surface area contributed by atoms with Crippen LogP contribution in [0.5, 0.6) is 46.0 Å². The number of hydrogen-bond donors (Lipinski definition) is 8. The van der Waals surface area contributed by atoms with Gasteiger partial charge in [0.05, 0.1) is 9.50 Å². The monoisotopic (exact) mass is 1660 g/mol. The number of pyridine rings is 8. The summed E-state index contributed by atoms with van der Waals surface area (Å²) in [6, 6.07) is 41.4. The molecular formula is C80H64Br2ClF4IN8O8. The molecule has 0 saturated heterocycles. The highest BCUT2D eigenvalue weighted by molar-refractivity contribution is 14.1. The van der Waals surface area contributed by atoms with Gasteiger partial charge in [-0.2, -0.15) is 0 Å². The van der Waals surface area contributed by atoms with E-state index in [-0.39, 0.29) is 57.6 Å². The zero-order chi connectivity index (χ0) is 75.4. The molecule has 8 aromatic heterocycles. The summed E-state index contributed by atoms with van der Waals surface area (Å²) in [5, 5.41) is 83.0. The molecule has 0 aliphatic carbocycles. The highest BCUT2D eigenvalue weighted by Gasteiger charge is 2.15. The maximum Gasteiger partial charge on any atom is 0.178 e. The molecule has 16 aromatic rings. The van der Waals surface area contributed by atoms with Gasteiger partial charge >= 0.3 is 0 Å². The van der Waals surface area contributed by atoms with Crippen molar-refractivity contribution in [2.24, 2.45) is 0 Å². The fraction of sp³-hybridized carbons (Fsp3) is 0.100. The molecule has 0 fully saturated rings. The molecule has 8 heterocycles. The summed E-state index contributed by atoms with van der Waals surface area (Å²) in [6.07, 6.45) is 12.8. The number of halogens is 8. The van der Waals surface area contributed by atoms with Crippen LogP contribution in [0, 0.1) is 82.2 Å². The van der Waals surface area contributed by atoms with Crippen LogP contribution in [0.4, 0.5) is 17.6 Å². The molecule has 16 nitrogen and oxygen atoms in total. The van der Waals surface area contributed by atoms with Crippen molar-refractivity contribution in [3.8, 4) is 46.0 Å². The number of benzene rings is 8. The SMILES string of the molecule is Cc1cc(Br)c(O)c2ncccc12.Cc1cc(Br)c2cccnc2c1O.Cc1cc(Cl)c(O)c2ncccc12.Cc1cc(F)c(O)c2ncccc12.Cc1cc(F)c(O)c2ncccc12.Cc1cc(F)c2cccnc2c1O.Cc1cc(F)c2cccnc2c1O.Cc1cc(I)c2cccnc2c1O. The summed E-state index contributed by atoms with van der Waals surface area (Å²) >= 11 is 14.8. The molecule has 0 aliphatic rings. The summed E-state index contributed by atoms with van der Waals surface area (Å²) in [5.41, 5.74) is 10.2. The van der Waals surface area contributed by atoms with Crippen molar-refractivity contribution in [1.29, 1.82) is 0 Å². The number of nitrogens with zero attached hydrogens (tertiary/aromatic N) is 8. The first-order valence-electron chi connectivity index (χ1n) is 31.4. The van der Waals surface area contributed by atoms with Gasteiger partial charge in [0.25, 0.3) is 0 Å². The van der Waals surface area contributed by atoms with E-state index in [1.807, 2.05) is 94.4 Å². The summed E-state index contributed by atoms with van der Waals surface area (Å²) in [4.78, 5) is 32.1. The summed E-state index contributed by atoms with van der Waals surface area (Å²) in [7, 11) is 0. The topological polar surface area (TPSA) is 265 Å². The summed E-state index contributed by atoms with van der Waals surface area (Å²) in [6.45, 7) is 14.5. The first-order chi connectivity index (χ1) is 49.6. The molecule has 104 heavy (non-hydrogen) atoms. The van der Waals surface area contributed by atoms with Crippen LogP contribution in [0.3, 0.4) is 0 Å². The standard InChI is InChI=1S/2C10H8BrNO.C10H8ClNO.4C10H8FNO.C10H8INO/c1-6-5-8(11)7-3-2-4-12-9(7)10(6)13;2*1-6-5-8(11)10(13)9-7(6)3-2-4-12-9;2*1-6-5-8(11)7-3-2-4-12-9(7)10(6)13;2*1-6-5-8(11)10(13)9-7(6)3-2-4-12-9;1-6-5-8(11)7-3-2-4-12-9(7)10(6)13/h8*2-5,13H,1H3. The molecule has 0 unspecified atom stereocenters. The van der Waals surface area contributed by atoms with E-state index in [2.05, 4.69) is 94.3 Å². The van der Waals surface area contributed by atoms with Gasteiger partial charge in [0.15, 0.2) is 34.6 Å². The number of fused-ring (bicyclic) bond motifs is 8. The number of aryl methyl sites for hydroxylation is 8. The fourth-order valence-electron chi connectivity index (χ4n) is 10.7. The van der Waals surface area contributed by atoms with E-state index in [1.165, 1.54) is 49.1 Å². The Morgan fingerprint density at radius 2 is 0.510 bits per heavy atom. The lowest BCUT2D eigenvalue weighted by Crippen LogP contribution is -1.86. The van der Waals surface area contributed by atoms with Crippen molar-refractivity contribution in [2.75, 3.05) is 0 Å². The number of aromatic nitrogens is 8. The average molecular weight is 1660 g/mol. The van der Waals surface area contributed by atoms with E-state index >= 15 is 0 Å². The van der Waals surface area contributed by atoms with Crippen LogP contribution in [-0.2, 0) is 0 Å². The van der Waals surface area contributed by atoms with Gasteiger partial charge < -0.3 is 40.9 Å². The third-order valence-electron chi connectivity index (χ3n) is 16.1. The van der Waals surface area contributed by atoms with Gasteiger partial charge in [-0.1, -0.05) is 63.9 Å². The van der Waals surface area contributed by atoms with Crippen LogP contribution in [0.2, 0.25) is 5.02 Å². The predicted octanol–water partition coefficient (Wildman–Crippen LogP) is 21.3. The van der Waals surface area contributed by atoms with E-state index in [1.54, 1.807) is 107 Å². The van der Waals surface area contributed by atoms with Gasteiger partial charge in [0.1, 0.15) is 78.8 Å². The van der Waals surface area contributed by atoms with Gasteiger partial charge in [-0.05, 0) is 248 Å². The summed E-state index contributed by atoms with van der Waals surface area (Å²) in [5.74, 6) is -1.76. The van der Waals surface area contributed by atoms with Gasteiger partial charge in [0, 0.05) is 101 Å². The third kappa shape index (κ3) is 17.6. The van der Waals surface area contributed by atoms with E-state index in [4.69, 9.17) is 11.6 Å². The predicted molar refractivity (Wildman–Crippen MR) is 418 cm³/mol. The van der Waals surface area contributed by atoms with Crippen LogP contribution in [-0.4, -0.2) is 80.7 Å². The maximum atomic E-state index is 13.3. The fourth-order valence-corrected chi connectivity index (χ4v) is 13.0. The molecule has 0 saturated carbocycles. The zero-order valence-corrected chi connectivity index (χ0v) is 62.7. The maximum absolute atomic E-state index is 13.3. The van der Waals surface area contributed by atoms with Gasteiger partial charge in [-0.15, -0.1) is 0 Å². The molecule has 0 bridgehead atoms. The van der Waals surface area contributed by atoms with Crippen LogP contribution < -0.4 is 0 Å².